The van der Waals surface area contributed by atoms with Crippen LogP contribution in [0.1, 0.15) is 28.6 Å². The molecule has 0 spiro atoms. The molecule has 0 unspecified atom stereocenters. The summed E-state index contributed by atoms with van der Waals surface area (Å²) in [5, 5.41) is 7.44. The SMILES string of the molecule is CCOc1ccc(CCC(=O)NCCNC(=O)c2cccs2)cc1OC. The second kappa shape index (κ2) is 10.5. The van der Waals surface area contributed by atoms with Crippen molar-refractivity contribution in [2.45, 2.75) is 19.8 Å². The smallest absolute Gasteiger partial charge is 0.261 e. The Bertz CT molecular complexity index is 716. The topological polar surface area (TPSA) is 76.7 Å². The van der Waals surface area contributed by atoms with E-state index in [4.69, 9.17) is 9.47 Å². The summed E-state index contributed by atoms with van der Waals surface area (Å²) in [4.78, 5) is 24.4. The first kappa shape index (κ1) is 19.8. The molecule has 0 aliphatic carbocycles. The van der Waals surface area contributed by atoms with Crippen LogP contribution in [0.3, 0.4) is 0 Å². The van der Waals surface area contributed by atoms with Crippen molar-refractivity contribution in [3.05, 3.63) is 46.2 Å². The lowest BCUT2D eigenvalue weighted by atomic mass is 10.1. The Morgan fingerprint density at radius 2 is 1.92 bits per heavy atom. The second-order valence-electron chi connectivity index (χ2n) is 5.50. The maximum atomic E-state index is 11.9. The first-order chi connectivity index (χ1) is 12.6. The van der Waals surface area contributed by atoms with Crippen molar-refractivity contribution >= 4 is 23.2 Å². The number of rotatable bonds is 10. The van der Waals surface area contributed by atoms with E-state index in [1.54, 1.807) is 13.2 Å². The van der Waals surface area contributed by atoms with Crippen LogP contribution in [0.2, 0.25) is 0 Å². The number of thiophene rings is 1. The van der Waals surface area contributed by atoms with Crippen molar-refractivity contribution in [3.63, 3.8) is 0 Å². The van der Waals surface area contributed by atoms with Gasteiger partial charge in [-0.2, -0.15) is 0 Å². The highest BCUT2D eigenvalue weighted by molar-refractivity contribution is 7.12. The number of carbonyl (C=O) groups excluding carboxylic acids is 2. The van der Waals surface area contributed by atoms with Crippen LogP contribution in [-0.4, -0.2) is 38.6 Å². The minimum atomic E-state index is -0.115. The maximum absolute atomic E-state index is 11.9. The van der Waals surface area contributed by atoms with Crippen LogP contribution in [0.15, 0.2) is 35.7 Å². The Kier molecular flexibility index (Phi) is 7.95. The number of amides is 2. The Morgan fingerprint density at radius 1 is 1.12 bits per heavy atom. The number of methoxy groups -OCH3 is 1. The molecule has 0 saturated heterocycles. The van der Waals surface area contributed by atoms with Crippen molar-refractivity contribution in [1.29, 1.82) is 0 Å². The molecule has 0 fully saturated rings. The molecular weight excluding hydrogens is 352 g/mol. The van der Waals surface area contributed by atoms with E-state index in [0.717, 1.165) is 5.56 Å². The summed E-state index contributed by atoms with van der Waals surface area (Å²) in [6.45, 7) is 3.30. The molecule has 6 nitrogen and oxygen atoms in total. The summed E-state index contributed by atoms with van der Waals surface area (Å²) >= 11 is 1.39. The summed E-state index contributed by atoms with van der Waals surface area (Å²) < 4.78 is 10.8. The summed E-state index contributed by atoms with van der Waals surface area (Å²) in [6.07, 6.45) is 0.978. The molecule has 7 heteroatoms. The van der Waals surface area contributed by atoms with Gasteiger partial charge in [-0.3, -0.25) is 9.59 Å². The molecular formula is C19H24N2O4S. The van der Waals surface area contributed by atoms with Gasteiger partial charge in [-0.15, -0.1) is 11.3 Å². The molecule has 140 valence electrons. The lowest BCUT2D eigenvalue weighted by molar-refractivity contribution is -0.121. The van der Waals surface area contributed by atoms with E-state index in [1.807, 2.05) is 36.6 Å². The first-order valence-electron chi connectivity index (χ1n) is 8.52. The Hall–Kier alpha value is -2.54. The van der Waals surface area contributed by atoms with Crippen molar-refractivity contribution < 1.29 is 19.1 Å². The molecule has 0 aliphatic heterocycles. The molecule has 2 amide bonds. The van der Waals surface area contributed by atoms with Crippen molar-refractivity contribution in [1.82, 2.24) is 10.6 Å². The summed E-state index contributed by atoms with van der Waals surface area (Å²) in [6, 6.07) is 9.28. The Labute approximate surface area is 157 Å². The van der Waals surface area contributed by atoms with Crippen molar-refractivity contribution in [2.75, 3.05) is 26.8 Å². The molecule has 2 aromatic rings. The fourth-order valence-electron chi connectivity index (χ4n) is 2.36. The molecule has 0 radical (unpaired) electrons. The van der Waals surface area contributed by atoms with Gasteiger partial charge in [-0.05, 0) is 42.5 Å². The normalized spacial score (nSPS) is 10.2. The molecule has 26 heavy (non-hydrogen) atoms. The van der Waals surface area contributed by atoms with Gasteiger partial charge in [0.15, 0.2) is 11.5 Å². The number of ether oxygens (including phenoxy) is 2. The first-order valence-corrected chi connectivity index (χ1v) is 9.40. The lowest BCUT2D eigenvalue weighted by Gasteiger charge is -2.11. The lowest BCUT2D eigenvalue weighted by Crippen LogP contribution is -2.34. The van der Waals surface area contributed by atoms with Gasteiger partial charge in [-0.25, -0.2) is 0 Å². The molecule has 1 aromatic carbocycles. The van der Waals surface area contributed by atoms with Gasteiger partial charge in [0.1, 0.15) is 0 Å². The molecule has 1 heterocycles. The fourth-order valence-corrected chi connectivity index (χ4v) is 3.00. The van der Waals surface area contributed by atoms with E-state index in [2.05, 4.69) is 10.6 Å². The molecule has 0 saturated carbocycles. The van der Waals surface area contributed by atoms with Crippen LogP contribution >= 0.6 is 11.3 Å². The monoisotopic (exact) mass is 376 g/mol. The molecule has 2 N–H and O–H groups in total. The highest BCUT2D eigenvalue weighted by atomic mass is 32.1. The Balaban J connectivity index is 1.69. The van der Waals surface area contributed by atoms with Gasteiger partial charge < -0.3 is 20.1 Å². The average Bonchev–Trinajstić information content (AvgIpc) is 3.19. The largest absolute Gasteiger partial charge is 0.493 e. The zero-order chi connectivity index (χ0) is 18.8. The zero-order valence-corrected chi connectivity index (χ0v) is 15.9. The van der Waals surface area contributed by atoms with Crippen molar-refractivity contribution in [3.8, 4) is 11.5 Å². The van der Waals surface area contributed by atoms with Crippen LogP contribution in [0.25, 0.3) is 0 Å². The van der Waals surface area contributed by atoms with E-state index in [1.165, 1.54) is 11.3 Å². The number of hydrogen-bond acceptors (Lipinski definition) is 5. The molecule has 0 bridgehead atoms. The zero-order valence-electron chi connectivity index (χ0n) is 15.0. The van der Waals surface area contributed by atoms with Crippen LogP contribution < -0.4 is 20.1 Å². The Morgan fingerprint density at radius 3 is 2.62 bits per heavy atom. The van der Waals surface area contributed by atoms with Crippen LogP contribution in [0.4, 0.5) is 0 Å². The third-order valence-electron chi connectivity index (χ3n) is 3.65. The molecule has 0 aliphatic rings. The van der Waals surface area contributed by atoms with Crippen LogP contribution in [-0.2, 0) is 11.2 Å². The van der Waals surface area contributed by atoms with Gasteiger partial charge in [0, 0.05) is 19.5 Å². The number of carbonyl (C=O) groups is 2. The van der Waals surface area contributed by atoms with E-state index >= 15 is 0 Å². The van der Waals surface area contributed by atoms with Gasteiger partial charge in [-0.1, -0.05) is 12.1 Å². The van der Waals surface area contributed by atoms with E-state index in [-0.39, 0.29) is 11.8 Å². The predicted molar refractivity (Wildman–Crippen MR) is 102 cm³/mol. The van der Waals surface area contributed by atoms with E-state index in [9.17, 15) is 9.59 Å². The van der Waals surface area contributed by atoms with Crippen molar-refractivity contribution in [2.24, 2.45) is 0 Å². The van der Waals surface area contributed by atoms with E-state index < -0.39 is 0 Å². The fraction of sp³-hybridized carbons (Fsp3) is 0.368. The van der Waals surface area contributed by atoms with Gasteiger partial charge >= 0.3 is 0 Å². The van der Waals surface area contributed by atoms with Gasteiger partial charge in [0.05, 0.1) is 18.6 Å². The minimum absolute atomic E-state index is 0.0526. The predicted octanol–water partition coefficient (Wildman–Crippen LogP) is 2.63. The minimum Gasteiger partial charge on any atom is -0.493 e. The quantitative estimate of drug-likeness (QED) is 0.625. The van der Waals surface area contributed by atoms with Gasteiger partial charge in [0.2, 0.25) is 5.91 Å². The van der Waals surface area contributed by atoms with E-state index in [0.29, 0.717) is 48.9 Å². The summed E-state index contributed by atoms with van der Waals surface area (Å²) in [5.74, 6) is 1.20. The van der Waals surface area contributed by atoms with Gasteiger partial charge in [0.25, 0.3) is 5.91 Å². The number of hydrogen-bond donors (Lipinski definition) is 2. The number of benzene rings is 1. The highest BCUT2D eigenvalue weighted by Crippen LogP contribution is 2.28. The van der Waals surface area contributed by atoms with Crippen LogP contribution in [0, 0.1) is 0 Å². The molecule has 0 atom stereocenters. The number of nitrogens with one attached hydrogen (secondary N) is 2. The second-order valence-corrected chi connectivity index (χ2v) is 6.45. The highest BCUT2D eigenvalue weighted by Gasteiger charge is 2.08. The molecule has 1 aromatic heterocycles. The third kappa shape index (κ3) is 6.07. The van der Waals surface area contributed by atoms with Crippen LogP contribution in [0.5, 0.6) is 11.5 Å². The third-order valence-corrected chi connectivity index (χ3v) is 4.51. The molecule has 2 rings (SSSR count). The summed E-state index contributed by atoms with van der Waals surface area (Å²) in [7, 11) is 1.60. The maximum Gasteiger partial charge on any atom is 0.261 e. The number of aryl methyl sites for hydroxylation is 1. The summed E-state index contributed by atoms with van der Waals surface area (Å²) in [5.41, 5.74) is 1.01. The average molecular weight is 376 g/mol. The standard InChI is InChI=1S/C19H24N2O4S/c1-3-25-15-8-6-14(13-16(15)24-2)7-9-18(22)20-10-11-21-19(23)17-5-4-12-26-17/h4-6,8,12-13H,3,7,9-11H2,1-2H3,(H,20,22)(H,21,23).